The number of likely N-dealkylation sites (tertiary alicyclic amines) is 1. The van der Waals surface area contributed by atoms with Crippen LogP contribution in [0.15, 0.2) is 96.5 Å². The third-order valence-electron chi connectivity index (χ3n) is 13.7. The van der Waals surface area contributed by atoms with E-state index < -0.39 is 17.5 Å². The molecule has 7 rings (SSSR count). The van der Waals surface area contributed by atoms with E-state index in [-0.39, 0.29) is 54.1 Å². The minimum atomic E-state index is -0.986. The molecule has 13 nitrogen and oxygen atoms in total. The summed E-state index contributed by atoms with van der Waals surface area (Å²) >= 11 is 3.02. The molecular weight excluding hydrogens is 947 g/mol. The van der Waals surface area contributed by atoms with E-state index in [1.54, 1.807) is 84.7 Å². The Kier molecular flexibility index (Phi) is 18.3. The summed E-state index contributed by atoms with van der Waals surface area (Å²) in [5.74, 6) is -0.0324. The van der Waals surface area contributed by atoms with Crippen molar-refractivity contribution in [1.82, 2.24) is 25.4 Å². The summed E-state index contributed by atoms with van der Waals surface area (Å²) in [6.07, 6.45) is 5.94. The lowest BCUT2D eigenvalue weighted by Gasteiger charge is -2.36. The van der Waals surface area contributed by atoms with Gasteiger partial charge in [-0.2, -0.15) is 0 Å². The van der Waals surface area contributed by atoms with Gasteiger partial charge in [-0.25, -0.2) is 4.98 Å². The number of fused-ring (bicyclic) bond motifs is 1. The maximum Gasteiger partial charge on any atom is 0.246 e. The van der Waals surface area contributed by atoms with Gasteiger partial charge in [0.25, 0.3) is 0 Å². The van der Waals surface area contributed by atoms with E-state index in [1.165, 1.54) is 11.3 Å². The number of aromatic nitrogens is 1. The number of aromatic hydroxyl groups is 2. The quantitative estimate of drug-likeness (QED) is 0.0289. The molecule has 3 amide bonds. The van der Waals surface area contributed by atoms with Crippen LogP contribution >= 0.6 is 22.7 Å². The number of unbranched alkanes of at least 4 members (excludes halogenated alkanes) is 4. The van der Waals surface area contributed by atoms with Crippen LogP contribution in [0.2, 0.25) is 0 Å². The molecule has 0 bridgehead atoms. The van der Waals surface area contributed by atoms with Gasteiger partial charge >= 0.3 is 0 Å². The minimum absolute atomic E-state index is 0.128. The van der Waals surface area contributed by atoms with E-state index in [0.29, 0.717) is 55.3 Å². The smallest absolute Gasteiger partial charge is 0.246 e. The molecule has 0 aliphatic carbocycles. The molecule has 0 radical (unpaired) electrons. The zero-order valence-corrected chi connectivity index (χ0v) is 43.9. The monoisotopic (exact) mass is 1020 g/mol. The number of phenolic OH excluding ortho intramolecular Hbond substituents is 2. The topological polar surface area (TPSA) is 182 Å². The summed E-state index contributed by atoms with van der Waals surface area (Å²) < 4.78 is 6.94. The van der Waals surface area contributed by atoms with Crippen molar-refractivity contribution in [3.05, 3.63) is 119 Å². The molecule has 3 atom stereocenters. The number of aliphatic hydroxyl groups excluding tert-OH is 1. The fourth-order valence-corrected chi connectivity index (χ4v) is 11.3. The number of aryl methyl sites for hydroxylation is 1. The molecule has 2 aromatic heterocycles. The summed E-state index contributed by atoms with van der Waals surface area (Å²) in [7, 11) is 0. The number of thiophene rings is 1. The standard InChI is InChI=1S/C57H69N5O8S2/c1-36(2)61(31-32-70-45-26-21-40(22-27-45)51(67)50-46-28-25-44(65)33-48(46)72-53(50)42-19-23-43(64)24-20-42)29-11-9-7-8-10-14-49(66)60-54(57(5,6)34-63)56(69)62-30-12-13-47(62)55(68)59-37(3)39-15-17-41(18-16-39)52-38(4)58-35-71-52/h15-28,33,35-37,47,54,63-65H,7-14,29-32,34H2,1-6H3,(H,59,68)(H,60,66)/t37-,47-,54+/m0/s1. The number of hydrogen-bond donors (Lipinski definition) is 5. The molecule has 1 saturated heterocycles. The summed E-state index contributed by atoms with van der Waals surface area (Å²) in [6, 6.07) is 25.4. The van der Waals surface area contributed by atoms with Gasteiger partial charge in [0.15, 0.2) is 5.78 Å². The zero-order valence-electron chi connectivity index (χ0n) is 42.3. The molecule has 382 valence electrons. The lowest BCUT2D eigenvalue weighted by molar-refractivity contribution is -0.145. The average Bonchev–Trinajstić information content (AvgIpc) is 4.13. The zero-order chi connectivity index (χ0) is 51.5. The predicted octanol–water partition coefficient (Wildman–Crippen LogP) is 10.4. The number of nitrogens with zero attached hydrogens (tertiary/aromatic N) is 3. The van der Waals surface area contributed by atoms with Gasteiger partial charge in [-0.15, -0.1) is 22.7 Å². The Labute approximate surface area is 431 Å². The normalized spacial score (nSPS) is 14.7. The number of phenols is 2. The van der Waals surface area contributed by atoms with E-state index in [9.17, 15) is 34.5 Å². The summed E-state index contributed by atoms with van der Waals surface area (Å²) in [4.78, 5) is 65.4. The van der Waals surface area contributed by atoms with Crippen LogP contribution in [0, 0.1) is 12.3 Å². The highest BCUT2D eigenvalue weighted by Gasteiger charge is 2.43. The molecule has 4 aromatic carbocycles. The molecule has 5 N–H and O–H groups in total. The van der Waals surface area contributed by atoms with Gasteiger partial charge in [0.05, 0.1) is 28.7 Å². The van der Waals surface area contributed by atoms with Crippen molar-refractivity contribution in [2.45, 2.75) is 117 Å². The third-order valence-corrected chi connectivity index (χ3v) is 15.9. The molecule has 72 heavy (non-hydrogen) atoms. The second-order valence-corrected chi connectivity index (χ2v) is 21.7. The molecular formula is C57H69N5O8S2. The third kappa shape index (κ3) is 13.3. The first-order valence-electron chi connectivity index (χ1n) is 25.1. The van der Waals surface area contributed by atoms with Crippen LogP contribution in [-0.4, -0.2) is 105 Å². The van der Waals surface area contributed by atoms with E-state index in [4.69, 9.17) is 4.74 Å². The van der Waals surface area contributed by atoms with Crippen molar-refractivity contribution in [3.63, 3.8) is 0 Å². The van der Waals surface area contributed by atoms with E-state index in [2.05, 4.69) is 34.4 Å². The van der Waals surface area contributed by atoms with Crippen LogP contribution in [0.4, 0.5) is 0 Å². The molecule has 0 unspecified atom stereocenters. The Morgan fingerprint density at radius 1 is 0.833 bits per heavy atom. The molecule has 3 heterocycles. The van der Waals surface area contributed by atoms with E-state index in [0.717, 1.165) is 81.0 Å². The van der Waals surface area contributed by atoms with Crippen molar-refractivity contribution in [2.24, 2.45) is 5.41 Å². The molecule has 1 aliphatic rings. The minimum Gasteiger partial charge on any atom is -0.508 e. The largest absolute Gasteiger partial charge is 0.508 e. The highest BCUT2D eigenvalue weighted by Crippen LogP contribution is 2.42. The number of ether oxygens (including phenoxy) is 1. The Hall–Kier alpha value is -6.13. The summed E-state index contributed by atoms with van der Waals surface area (Å²) in [6.45, 7) is 14.0. The van der Waals surface area contributed by atoms with Crippen molar-refractivity contribution >= 4 is 56.3 Å². The van der Waals surface area contributed by atoms with Crippen LogP contribution in [0.1, 0.15) is 119 Å². The molecule has 1 aliphatic heterocycles. The van der Waals surface area contributed by atoms with Gasteiger partial charge in [-0.05, 0) is 143 Å². The predicted molar refractivity (Wildman–Crippen MR) is 287 cm³/mol. The SMILES string of the molecule is Cc1ncsc1-c1ccc([C@H](C)NC(=O)[C@@H]2CCCN2C(=O)[C@@H](NC(=O)CCCCCCCN(CCOc2ccc(C(=O)c3c(-c4ccc(O)cc4)sc4cc(O)ccc34)cc2)C(C)C)C(C)(C)CO)cc1. The number of thiazole rings is 1. The Morgan fingerprint density at radius 3 is 2.18 bits per heavy atom. The lowest BCUT2D eigenvalue weighted by Crippen LogP contribution is -2.59. The first-order valence-corrected chi connectivity index (χ1v) is 26.8. The molecule has 15 heteroatoms. The van der Waals surface area contributed by atoms with Crippen LogP contribution < -0.4 is 15.4 Å². The number of benzene rings is 4. The number of carbonyl (C=O) groups excluding carboxylic acids is 4. The summed E-state index contributed by atoms with van der Waals surface area (Å²) in [5, 5.41) is 37.2. The van der Waals surface area contributed by atoms with E-state index in [1.807, 2.05) is 55.8 Å². The van der Waals surface area contributed by atoms with Gasteiger partial charge in [-0.3, -0.25) is 24.1 Å². The molecule has 0 saturated carbocycles. The molecule has 1 fully saturated rings. The number of rotatable bonds is 24. The lowest BCUT2D eigenvalue weighted by atomic mass is 9.84. The second kappa shape index (κ2) is 24.5. The number of ketones is 1. The Bertz CT molecular complexity index is 2790. The number of carbonyl (C=O) groups is 4. The van der Waals surface area contributed by atoms with Crippen molar-refractivity contribution in [1.29, 1.82) is 0 Å². The van der Waals surface area contributed by atoms with Gasteiger partial charge in [0.1, 0.15) is 35.9 Å². The van der Waals surface area contributed by atoms with E-state index >= 15 is 0 Å². The van der Waals surface area contributed by atoms with Crippen LogP contribution in [0.3, 0.4) is 0 Å². The van der Waals surface area contributed by atoms with Crippen LogP contribution in [0.25, 0.3) is 31.0 Å². The fraction of sp³-hybridized carbons (Fsp3) is 0.421. The van der Waals surface area contributed by atoms with Crippen LogP contribution in [-0.2, 0) is 14.4 Å². The van der Waals surface area contributed by atoms with Crippen molar-refractivity contribution < 1.29 is 39.2 Å². The van der Waals surface area contributed by atoms with Gasteiger partial charge in [0.2, 0.25) is 17.7 Å². The first kappa shape index (κ1) is 53.7. The van der Waals surface area contributed by atoms with Crippen LogP contribution in [0.5, 0.6) is 17.2 Å². The number of nitrogens with one attached hydrogen (secondary N) is 2. The molecule has 0 spiro atoms. The Morgan fingerprint density at radius 2 is 1.50 bits per heavy atom. The Balaban J connectivity index is 0.825. The number of hydrogen-bond acceptors (Lipinski definition) is 12. The fourth-order valence-electron chi connectivity index (χ4n) is 9.29. The second-order valence-electron chi connectivity index (χ2n) is 19.8. The number of amides is 3. The van der Waals surface area contributed by atoms with Gasteiger partial charge < -0.3 is 35.6 Å². The maximum atomic E-state index is 14.2. The first-order chi connectivity index (χ1) is 34.5. The highest BCUT2D eigenvalue weighted by molar-refractivity contribution is 7.22. The summed E-state index contributed by atoms with van der Waals surface area (Å²) in [5.41, 5.74) is 5.76. The average molecular weight is 1020 g/mol. The number of aliphatic hydroxyl groups is 1. The van der Waals surface area contributed by atoms with Gasteiger partial charge in [0, 0.05) is 57.1 Å². The van der Waals surface area contributed by atoms with Gasteiger partial charge in [-0.1, -0.05) is 57.4 Å². The van der Waals surface area contributed by atoms with Crippen molar-refractivity contribution in [3.8, 4) is 38.1 Å². The maximum absolute atomic E-state index is 14.2. The van der Waals surface area contributed by atoms with Crippen molar-refractivity contribution in [2.75, 3.05) is 32.8 Å². The molecule has 6 aromatic rings. The highest BCUT2D eigenvalue weighted by atomic mass is 32.1.